The molecule has 2 aromatic carbocycles. The number of halogens is 1. The third-order valence-electron chi connectivity index (χ3n) is 4.00. The largest absolute Gasteiger partial charge is 0.448 e. The quantitative estimate of drug-likeness (QED) is 0.620. The van der Waals surface area contributed by atoms with Gasteiger partial charge in [-0.25, -0.2) is 4.79 Å². The van der Waals surface area contributed by atoms with E-state index in [1.807, 2.05) is 12.1 Å². The number of ether oxygens (including phenoxy) is 1. The molecule has 26 heavy (non-hydrogen) atoms. The summed E-state index contributed by atoms with van der Waals surface area (Å²) < 4.78 is 5.18. The molecule has 3 rings (SSSR count). The molecule has 6 nitrogen and oxygen atoms in total. The summed E-state index contributed by atoms with van der Waals surface area (Å²) in [4.78, 5) is 36.1. The summed E-state index contributed by atoms with van der Waals surface area (Å²) in [6, 6.07) is 13.6. The fourth-order valence-electron chi connectivity index (χ4n) is 2.66. The molecule has 0 saturated carbocycles. The van der Waals surface area contributed by atoms with Crippen LogP contribution in [0.15, 0.2) is 48.5 Å². The Morgan fingerprint density at radius 3 is 2.50 bits per heavy atom. The van der Waals surface area contributed by atoms with Crippen LogP contribution in [0.5, 0.6) is 0 Å². The highest BCUT2D eigenvalue weighted by atomic mass is 35.5. The van der Waals surface area contributed by atoms with Gasteiger partial charge < -0.3 is 15.4 Å². The van der Waals surface area contributed by atoms with Crippen LogP contribution in [-0.2, 0) is 16.0 Å². The maximum Gasteiger partial charge on any atom is 0.339 e. The zero-order valence-corrected chi connectivity index (χ0v) is 14.6. The molecule has 1 atom stereocenters. The third-order valence-corrected chi connectivity index (χ3v) is 4.25. The zero-order valence-electron chi connectivity index (χ0n) is 13.8. The molecule has 0 saturated heterocycles. The number of cyclic esters (lactones) is 1. The van der Waals surface area contributed by atoms with Gasteiger partial charge in [-0.05, 0) is 35.9 Å². The first-order chi connectivity index (χ1) is 12.5. The first-order valence-electron chi connectivity index (χ1n) is 8.15. The summed E-state index contributed by atoms with van der Waals surface area (Å²) in [5, 5.41) is 5.92. The fraction of sp³-hybridized carbons (Fsp3) is 0.211. The van der Waals surface area contributed by atoms with Gasteiger partial charge in [0.25, 0.3) is 11.8 Å². The number of amides is 2. The highest BCUT2D eigenvalue weighted by Crippen LogP contribution is 2.20. The Hall–Kier alpha value is -2.86. The van der Waals surface area contributed by atoms with Crippen LogP contribution in [0.3, 0.4) is 0 Å². The van der Waals surface area contributed by atoms with E-state index in [2.05, 4.69) is 10.6 Å². The second-order valence-corrected chi connectivity index (χ2v) is 6.25. The van der Waals surface area contributed by atoms with Gasteiger partial charge in [-0.3, -0.25) is 9.59 Å². The molecule has 1 unspecified atom stereocenters. The Bertz CT molecular complexity index is 836. The highest BCUT2D eigenvalue weighted by molar-refractivity contribution is 6.30. The van der Waals surface area contributed by atoms with E-state index < -0.39 is 12.1 Å². The van der Waals surface area contributed by atoms with Gasteiger partial charge in [0.2, 0.25) is 0 Å². The topological polar surface area (TPSA) is 84.5 Å². The van der Waals surface area contributed by atoms with Gasteiger partial charge in [0.05, 0.1) is 5.56 Å². The number of hydrogen-bond donors (Lipinski definition) is 2. The minimum absolute atomic E-state index is 0.230. The fourth-order valence-corrected chi connectivity index (χ4v) is 2.78. The summed E-state index contributed by atoms with van der Waals surface area (Å²) in [7, 11) is 0. The molecule has 2 aromatic rings. The van der Waals surface area contributed by atoms with E-state index in [-0.39, 0.29) is 24.9 Å². The first kappa shape index (κ1) is 17.9. The predicted molar refractivity (Wildman–Crippen MR) is 96.1 cm³/mol. The molecule has 134 valence electrons. The van der Waals surface area contributed by atoms with Crippen LogP contribution in [0.25, 0.3) is 0 Å². The summed E-state index contributed by atoms with van der Waals surface area (Å²) in [5.41, 5.74) is 1.77. The van der Waals surface area contributed by atoms with Gasteiger partial charge in [-0.1, -0.05) is 29.8 Å². The number of carbonyl (C=O) groups is 3. The van der Waals surface area contributed by atoms with E-state index in [1.54, 1.807) is 36.4 Å². The lowest BCUT2D eigenvalue weighted by Gasteiger charge is -2.23. The minimum Gasteiger partial charge on any atom is -0.448 e. The lowest BCUT2D eigenvalue weighted by Crippen LogP contribution is -2.44. The van der Waals surface area contributed by atoms with Crippen molar-refractivity contribution in [3.8, 4) is 0 Å². The number of esters is 1. The first-order valence-corrected chi connectivity index (χ1v) is 8.53. The molecule has 0 fully saturated rings. The average Bonchev–Trinajstić information content (AvgIpc) is 2.65. The lowest BCUT2D eigenvalue weighted by atomic mass is 9.98. The van der Waals surface area contributed by atoms with Crippen LogP contribution in [-0.4, -0.2) is 37.0 Å². The number of benzene rings is 2. The van der Waals surface area contributed by atoms with E-state index in [1.165, 1.54) is 0 Å². The number of nitrogens with one attached hydrogen (secondary N) is 2. The highest BCUT2D eigenvalue weighted by Gasteiger charge is 2.30. The van der Waals surface area contributed by atoms with Gasteiger partial charge in [0.15, 0.2) is 6.10 Å². The van der Waals surface area contributed by atoms with Crippen LogP contribution in [0, 0.1) is 0 Å². The van der Waals surface area contributed by atoms with Crippen LogP contribution >= 0.6 is 11.6 Å². The Morgan fingerprint density at radius 1 is 1.04 bits per heavy atom. The number of fused-ring (bicyclic) bond motifs is 1. The monoisotopic (exact) mass is 372 g/mol. The molecular weight excluding hydrogens is 356 g/mol. The Morgan fingerprint density at radius 2 is 1.73 bits per heavy atom. The molecule has 2 amide bonds. The lowest BCUT2D eigenvalue weighted by molar-refractivity contribution is -0.130. The second kappa shape index (κ2) is 8.01. The predicted octanol–water partition coefficient (Wildman–Crippen LogP) is 1.97. The van der Waals surface area contributed by atoms with Crippen LogP contribution < -0.4 is 10.6 Å². The molecule has 2 N–H and O–H groups in total. The summed E-state index contributed by atoms with van der Waals surface area (Å²) >= 11 is 5.78. The van der Waals surface area contributed by atoms with E-state index in [0.29, 0.717) is 22.6 Å². The molecule has 0 aromatic heterocycles. The molecule has 0 aliphatic carbocycles. The van der Waals surface area contributed by atoms with Crippen molar-refractivity contribution in [3.63, 3.8) is 0 Å². The van der Waals surface area contributed by atoms with Gasteiger partial charge in [-0.15, -0.1) is 0 Å². The standard InChI is InChI=1S/C19H17ClN2O4/c20-14-7-5-12(6-8-14)17(23)21-9-10-22-18(24)16-11-13-3-1-2-4-15(13)19(25)26-16/h1-8,16H,9-11H2,(H,21,23)(H,22,24). The molecule has 1 aliphatic rings. The maximum atomic E-state index is 12.2. The van der Waals surface area contributed by atoms with Gasteiger partial charge >= 0.3 is 5.97 Å². The Balaban J connectivity index is 1.45. The van der Waals surface area contributed by atoms with Gasteiger partial charge in [0, 0.05) is 30.1 Å². The summed E-state index contributed by atoms with van der Waals surface area (Å²) in [6.45, 7) is 0.484. The smallest absolute Gasteiger partial charge is 0.339 e. The van der Waals surface area contributed by atoms with Crippen molar-refractivity contribution in [3.05, 3.63) is 70.2 Å². The minimum atomic E-state index is -0.857. The van der Waals surface area contributed by atoms with E-state index in [0.717, 1.165) is 5.56 Å². The van der Waals surface area contributed by atoms with Crippen molar-refractivity contribution in [2.24, 2.45) is 0 Å². The summed E-state index contributed by atoms with van der Waals surface area (Å²) in [5.74, 6) is -1.13. The Labute approximate surface area is 155 Å². The normalized spacial score (nSPS) is 15.6. The number of carbonyl (C=O) groups excluding carboxylic acids is 3. The van der Waals surface area contributed by atoms with Gasteiger partial charge in [0.1, 0.15) is 0 Å². The molecular formula is C19H17ClN2O4. The van der Waals surface area contributed by atoms with Crippen LogP contribution in [0.1, 0.15) is 26.3 Å². The van der Waals surface area contributed by atoms with Gasteiger partial charge in [-0.2, -0.15) is 0 Å². The zero-order chi connectivity index (χ0) is 18.5. The van der Waals surface area contributed by atoms with Crippen molar-refractivity contribution in [1.29, 1.82) is 0 Å². The SMILES string of the molecule is O=C(NCCNC(=O)C1Cc2ccccc2C(=O)O1)c1ccc(Cl)cc1. The molecule has 0 radical (unpaired) electrons. The van der Waals surface area contributed by atoms with Crippen LogP contribution in [0.2, 0.25) is 5.02 Å². The number of rotatable bonds is 5. The summed E-state index contributed by atoms with van der Waals surface area (Å²) in [6.07, 6.45) is -0.519. The van der Waals surface area contributed by atoms with E-state index in [9.17, 15) is 14.4 Å². The Kier molecular flexibility index (Phi) is 5.53. The average molecular weight is 373 g/mol. The number of hydrogen-bond acceptors (Lipinski definition) is 4. The van der Waals surface area contributed by atoms with Crippen molar-refractivity contribution in [2.75, 3.05) is 13.1 Å². The van der Waals surface area contributed by atoms with Crippen molar-refractivity contribution in [1.82, 2.24) is 10.6 Å². The molecule has 1 aliphatic heterocycles. The molecule has 7 heteroatoms. The van der Waals surface area contributed by atoms with E-state index >= 15 is 0 Å². The molecule has 0 bridgehead atoms. The second-order valence-electron chi connectivity index (χ2n) is 5.81. The van der Waals surface area contributed by atoms with Crippen molar-refractivity contribution < 1.29 is 19.1 Å². The van der Waals surface area contributed by atoms with Crippen LogP contribution in [0.4, 0.5) is 0 Å². The van der Waals surface area contributed by atoms with Crippen molar-refractivity contribution >= 4 is 29.4 Å². The van der Waals surface area contributed by atoms with E-state index in [4.69, 9.17) is 16.3 Å². The molecule has 1 heterocycles. The maximum absolute atomic E-state index is 12.2. The third kappa shape index (κ3) is 4.21. The van der Waals surface area contributed by atoms with Crippen molar-refractivity contribution in [2.45, 2.75) is 12.5 Å². The molecule has 0 spiro atoms.